The number of aliphatic hydroxyl groups is 1. The standard InChI is InChI=1S/C57H109N2O6P/c1-6-8-10-12-14-16-18-20-22-24-26-27-28-29-30-31-33-35-37-39-41-43-45-47-49-51-57(61)58-55(54-65-66(62,63)64-53-52-59(3,4)5)56(60)50-48-46-44-42-40-38-36-34-32-25-23-21-19-17-15-13-11-9-7-2/h29-30,32,34,40,42,48,50,55-56,60H,6-28,31,33,35-39,41,43-47,49,51-54H2,1-5H3,(H-,58,61,62,63)/b30-29-,34-32+,42-40+,50-48+. The van der Waals surface area contributed by atoms with E-state index in [-0.39, 0.29) is 12.5 Å². The molecule has 2 N–H and O–H groups in total. The molecule has 0 aliphatic heterocycles. The second-order valence-electron chi connectivity index (χ2n) is 20.3. The zero-order valence-corrected chi connectivity index (χ0v) is 45.0. The molecular formula is C57H109N2O6P. The number of phosphoric acid groups is 1. The van der Waals surface area contributed by atoms with E-state index >= 15 is 0 Å². The molecule has 0 saturated carbocycles. The molecule has 0 spiro atoms. The van der Waals surface area contributed by atoms with Crippen LogP contribution >= 0.6 is 7.82 Å². The Morgan fingerprint density at radius 1 is 0.515 bits per heavy atom. The van der Waals surface area contributed by atoms with Crippen LogP contribution < -0.4 is 10.2 Å². The lowest BCUT2D eigenvalue weighted by molar-refractivity contribution is -0.870. The Labute approximate surface area is 409 Å². The van der Waals surface area contributed by atoms with Crippen molar-refractivity contribution in [3.05, 3.63) is 48.6 Å². The number of allylic oxidation sites excluding steroid dienone is 7. The minimum absolute atomic E-state index is 0.00981. The average molecular weight is 949 g/mol. The highest BCUT2D eigenvalue weighted by atomic mass is 31.2. The first-order valence-corrected chi connectivity index (χ1v) is 29.5. The lowest BCUT2D eigenvalue weighted by atomic mass is 10.0. The second kappa shape index (κ2) is 48.5. The zero-order chi connectivity index (χ0) is 48.5. The van der Waals surface area contributed by atoms with Crippen molar-refractivity contribution in [2.45, 2.75) is 270 Å². The predicted molar refractivity (Wildman–Crippen MR) is 284 cm³/mol. The molecule has 66 heavy (non-hydrogen) atoms. The summed E-state index contributed by atoms with van der Waals surface area (Å²) >= 11 is 0. The van der Waals surface area contributed by atoms with Crippen LogP contribution in [0.4, 0.5) is 0 Å². The van der Waals surface area contributed by atoms with Crippen LogP contribution in [-0.4, -0.2) is 68.5 Å². The summed E-state index contributed by atoms with van der Waals surface area (Å²) in [4.78, 5) is 25.5. The fraction of sp³-hybridized carbons (Fsp3) is 0.842. The van der Waals surface area contributed by atoms with E-state index in [1.807, 2.05) is 27.2 Å². The van der Waals surface area contributed by atoms with Gasteiger partial charge >= 0.3 is 0 Å². The van der Waals surface area contributed by atoms with Gasteiger partial charge in [-0.3, -0.25) is 9.36 Å². The van der Waals surface area contributed by atoms with Crippen molar-refractivity contribution in [1.82, 2.24) is 5.32 Å². The van der Waals surface area contributed by atoms with Crippen LogP contribution in [0, 0.1) is 0 Å². The van der Waals surface area contributed by atoms with Gasteiger partial charge in [0.1, 0.15) is 13.2 Å². The minimum Gasteiger partial charge on any atom is -0.756 e. The molecule has 0 aliphatic carbocycles. The number of hydrogen-bond donors (Lipinski definition) is 2. The Hall–Kier alpha value is -1.54. The third-order valence-corrected chi connectivity index (χ3v) is 13.5. The van der Waals surface area contributed by atoms with Crippen molar-refractivity contribution < 1.29 is 32.9 Å². The maximum Gasteiger partial charge on any atom is 0.268 e. The maximum absolute atomic E-state index is 12.9. The fourth-order valence-electron chi connectivity index (χ4n) is 8.06. The van der Waals surface area contributed by atoms with Gasteiger partial charge in [-0.1, -0.05) is 229 Å². The van der Waals surface area contributed by atoms with Crippen molar-refractivity contribution >= 4 is 13.7 Å². The number of carbonyl (C=O) groups is 1. The van der Waals surface area contributed by atoms with E-state index in [0.717, 1.165) is 44.9 Å². The van der Waals surface area contributed by atoms with Crippen LogP contribution in [0.5, 0.6) is 0 Å². The van der Waals surface area contributed by atoms with Crippen LogP contribution in [0.25, 0.3) is 0 Å². The van der Waals surface area contributed by atoms with Gasteiger partial charge in [-0.15, -0.1) is 0 Å². The molecule has 0 saturated heterocycles. The Morgan fingerprint density at radius 3 is 1.23 bits per heavy atom. The minimum atomic E-state index is -4.61. The highest BCUT2D eigenvalue weighted by Crippen LogP contribution is 2.38. The lowest BCUT2D eigenvalue weighted by Gasteiger charge is -2.29. The summed E-state index contributed by atoms with van der Waals surface area (Å²) in [6, 6.07) is -0.911. The van der Waals surface area contributed by atoms with Gasteiger partial charge in [0.05, 0.1) is 39.9 Å². The first-order valence-electron chi connectivity index (χ1n) is 28.0. The third kappa shape index (κ3) is 50.3. The van der Waals surface area contributed by atoms with E-state index in [1.54, 1.807) is 6.08 Å². The SMILES string of the molecule is CCCCCCCCCCC/C=C/CC/C=C/CC/C=C/C(O)C(COP(=O)([O-])OCC[N+](C)(C)C)NC(=O)CCCCCCCCCCC/C=C\CCCCCCCCCCCCCC. The molecule has 9 heteroatoms. The van der Waals surface area contributed by atoms with Crippen LogP contribution in [0.15, 0.2) is 48.6 Å². The van der Waals surface area contributed by atoms with E-state index < -0.39 is 26.6 Å². The summed E-state index contributed by atoms with van der Waals surface area (Å²) in [7, 11) is 1.24. The average Bonchev–Trinajstić information content (AvgIpc) is 3.28. The fourth-order valence-corrected chi connectivity index (χ4v) is 8.79. The Balaban J connectivity index is 4.28. The molecule has 0 fully saturated rings. The molecule has 0 aliphatic rings. The number of rotatable bonds is 51. The maximum atomic E-state index is 12.9. The lowest BCUT2D eigenvalue weighted by Crippen LogP contribution is -2.45. The molecule has 0 bridgehead atoms. The quantitative estimate of drug-likeness (QED) is 0.0272. The molecule has 0 aromatic rings. The summed E-state index contributed by atoms with van der Waals surface area (Å²) in [5, 5.41) is 13.8. The van der Waals surface area contributed by atoms with Crippen molar-refractivity contribution in [2.24, 2.45) is 0 Å². The number of phosphoric ester groups is 1. The Kier molecular flexibility index (Phi) is 47.4. The highest BCUT2D eigenvalue weighted by molar-refractivity contribution is 7.45. The molecule has 0 radical (unpaired) electrons. The van der Waals surface area contributed by atoms with Gasteiger partial charge in [0.2, 0.25) is 5.91 Å². The monoisotopic (exact) mass is 949 g/mol. The van der Waals surface area contributed by atoms with Gasteiger partial charge in [0.25, 0.3) is 7.82 Å². The normalized spacial score (nSPS) is 14.3. The largest absolute Gasteiger partial charge is 0.756 e. The number of nitrogens with zero attached hydrogens (tertiary/aromatic N) is 1. The summed E-state index contributed by atoms with van der Waals surface area (Å²) in [5.74, 6) is -0.212. The van der Waals surface area contributed by atoms with Crippen molar-refractivity contribution in [3.8, 4) is 0 Å². The van der Waals surface area contributed by atoms with Crippen LogP contribution in [0.2, 0.25) is 0 Å². The summed E-state index contributed by atoms with van der Waals surface area (Å²) in [6.45, 7) is 4.64. The van der Waals surface area contributed by atoms with Gasteiger partial charge in [0, 0.05) is 6.42 Å². The molecule has 3 atom stereocenters. The number of amides is 1. The third-order valence-electron chi connectivity index (χ3n) is 12.5. The topological polar surface area (TPSA) is 108 Å². The van der Waals surface area contributed by atoms with Crippen molar-refractivity contribution in [2.75, 3.05) is 40.9 Å². The Morgan fingerprint density at radius 2 is 0.848 bits per heavy atom. The van der Waals surface area contributed by atoms with Gasteiger partial charge in [0.15, 0.2) is 0 Å². The van der Waals surface area contributed by atoms with E-state index in [4.69, 9.17) is 9.05 Å². The molecule has 388 valence electrons. The molecule has 1 amide bonds. The predicted octanol–water partition coefficient (Wildman–Crippen LogP) is 16.1. The molecule has 0 rings (SSSR count). The summed E-state index contributed by atoms with van der Waals surface area (Å²) in [6.07, 6.45) is 63.3. The second-order valence-corrected chi connectivity index (χ2v) is 21.7. The summed E-state index contributed by atoms with van der Waals surface area (Å²) in [5.41, 5.74) is 0. The van der Waals surface area contributed by atoms with E-state index in [1.165, 1.54) is 193 Å². The number of unbranched alkanes of at least 4 members (excludes halogenated alkanes) is 32. The van der Waals surface area contributed by atoms with Crippen LogP contribution in [-0.2, 0) is 18.4 Å². The molecule has 8 nitrogen and oxygen atoms in total. The molecule has 0 heterocycles. The van der Waals surface area contributed by atoms with Gasteiger partial charge in [-0.2, -0.15) is 0 Å². The number of carbonyl (C=O) groups excluding carboxylic acids is 1. The van der Waals surface area contributed by atoms with E-state index in [2.05, 4.69) is 55.6 Å². The molecule has 0 aromatic heterocycles. The Bertz CT molecular complexity index is 1210. The van der Waals surface area contributed by atoms with Gasteiger partial charge < -0.3 is 28.8 Å². The van der Waals surface area contributed by atoms with E-state index in [0.29, 0.717) is 17.4 Å². The number of nitrogens with one attached hydrogen (secondary N) is 1. The van der Waals surface area contributed by atoms with Crippen LogP contribution in [0.1, 0.15) is 258 Å². The van der Waals surface area contributed by atoms with Gasteiger partial charge in [-0.05, 0) is 70.6 Å². The number of aliphatic hydroxyl groups excluding tert-OH is 1. The van der Waals surface area contributed by atoms with Crippen molar-refractivity contribution in [1.29, 1.82) is 0 Å². The molecular weight excluding hydrogens is 840 g/mol. The smallest absolute Gasteiger partial charge is 0.268 e. The van der Waals surface area contributed by atoms with Crippen molar-refractivity contribution in [3.63, 3.8) is 0 Å². The first kappa shape index (κ1) is 64.5. The zero-order valence-electron chi connectivity index (χ0n) is 44.1. The molecule has 0 aromatic carbocycles. The molecule has 3 unspecified atom stereocenters. The summed E-state index contributed by atoms with van der Waals surface area (Å²) < 4.78 is 23.3. The number of quaternary nitrogens is 1. The van der Waals surface area contributed by atoms with E-state index in [9.17, 15) is 19.4 Å². The highest BCUT2D eigenvalue weighted by Gasteiger charge is 2.23. The van der Waals surface area contributed by atoms with Gasteiger partial charge in [-0.25, -0.2) is 0 Å². The first-order chi connectivity index (χ1) is 32.0. The number of likely N-dealkylation sites (N-methyl/N-ethyl adjacent to an activating group) is 1. The van der Waals surface area contributed by atoms with Crippen LogP contribution in [0.3, 0.4) is 0 Å². The number of hydrogen-bond acceptors (Lipinski definition) is 6.